The second-order valence-electron chi connectivity index (χ2n) is 6.30. The molecule has 2 rings (SSSR count). The summed E-state index contributed by atoms with van der Waals surface area (Å²) in [4.78, 5) is 2.33. The van der Waals surface area contributed by atoms with Crippen LogP contribution in [0.4, 0.5) is 4.39 Å². The number of nitrogens with one attached hydrogen (secondary N) is 1. The van der Waals surface area contributed by atoms with Gasteiger partial charge in [-0.05, 0) is 50.6 Å². The number of benzene rings is 1. The van der Waals surface area contributed by atoms with Gasteiger partial charge in [-0.3, -0.25) is 0 Å². The highest BCUT2D eigenvalue weighted by Gasteiger charge is 2.28. The highest BCUT2D eigenvalue weighted by atomic mass is 19.1. The SMILES string of the molecule is CC1CN(C)CCC1NCC(C)(O)c1ccc(F)cc1. The predicted molar refractivity (Wildman–Crippen MR) is 79.0 cm³/mol. The minimum absolute atomic E-state index is 0.276. The van der Waals surface area contributed by atoms with E-state index in [0.717, 1.165) is 25.1 Å². The molecule has 3 unspecified atom stereocenters. The largest absolute Gasteiger partial charge is 0.384 e. The van der Waals surface area contributed by atoms with Crippen LogP contribution in [0.2, 0.25) is 0 Å². The summed E-state index contributed by atoms with van der Waals surface area (Å²) in [7, 11) is 2.14. The molecule has 0 saturated carbocycles. The van der Waals surface area contributed by atoms with Crippen molar-refractivity contribution in [3.05, 3.63) is 35.6 Å². The van der Waals surface area contributed by atoms with E-state index in [1.165, 1.54) is 12.1 Å². The Morgan fingerprint density at radius 1 is 1.40 bits per heavy atom. The monoisotopic (exact) mass is 280 g/mol. The Bertz CT molecular complexity index is 433. The molecule has 0 aromatic heterocycles. The summed E-state index contributed by atoms with van der Waals surface area (Å²) in [5.74, 6) is 0.291. The highest BCUT2D eigenvalue weighted by Crippen LogP contribution is 2.22. The molecule has 0 radical (unpaired) electrons. The van der Waals surface area contributed by atoms with Gasteiger partial charge in [0.05, 0.1) is 5.60 Å². The molecule has 0 bridgehead atoms. The fourth-order valence-corrected chi connectivity index (χ4v) is 2.90. The number of aliphatic hydroxyl groups is 1. The molecule has 4 heteroatoms. The average molecular weight is 280 g/mol. The zero-order valence-corrected chi connectivity index (χ0v) is 12.6. The lowest BCUT2D eigenvalue weighted by Crippen LogP contribution is -2.50. The van der Waals surface area contributed by atoms with Gasteiger partial charge in [-0.25, -0.2) is 4.39 Å². The van der Waals surface area contributed by atoms with Crippen molar-refractivity contribution in [1.29, 1.82) is 0 Å². The first-order valence-corrected chi connectivity index (χ1v) is 7.29. The minimum Gasteiger partial charge on any atom is -0.384 e. The van der Waals surface area contributed by atoms with Crippen LogP contribution < -0.4 is 5.32 Å². The maximum Gasteiger partial charge on any atom is 0.123 e. The Hall–Kier alpha value is -0.970. The third-order valence-corrected chi connectivity index (χ3v) is 4.28. The van der Waals surface area contributed by atoms with Crippen LogP contribution in [0, 0.1) is 11.7 Å². The fraction of sp³-hybridized carbons (Fsp3) is 0.625. The summed E-state index contributed by atoms with van der Waals surface area (Å²) in [5, 5.41) is 14.0. The third-order valence-electron chi connectivity index (χ3n) is 4.28. The van der Waals surface area contributed by atoms with Crippen molar-refractivity contribution < 1.29 is 9.50 Å². The van der Waals surface area contributed by atoms with Gasteiger partial charge in [0.2, 0.25) is 0 Å². The molecule has 0 amide bonds. The van der Waals surface area contributed by atoms with Crippen LogP contribution in [-0.2, 0) is 5.60 Å². The van der Waals surface area contributed by atoms with E-state index in [1.54, 1.807) is 19.1 Å². The number of likely N-dealkylation sites (tertiary alicyclic amines) is 1. The lowest BCUT2D eigenvalue weighted by atomic mass is 9.91. The molecule has 112 valence electrons. The Labute approximate surface area is 120 Å². The van der Waals surface area contributed by atoms with E-state index in [1.807, 2.05) is 0 Å². The maximum absolute atomic E-state index is 12.9. The van der Waals surface area contributed by atoms with E-state index in [4.69, 9.17) is 0 Å². The summed E-state index contributed by atoms with van der Waals surface area (Å²) in [6, 6.07) is 6.51. The molecular weight excluding hydrogens is 255 g/mol. The molecule has 3 nitrogen and oxygen atoms in total. The maximum atomic E-state index is 12.9. The molecule has 1 fully saturated rings. The Morgan fingerprint density at radius 3 is 2.65 bits per heavy atom. The molecular formula is C16H25FN2O. The van der Waals surface area contributed by atoms with Crippen molar-refractivity contribution in [3.8, 4) is 0 Å². The summed E-state index contributed by atoms with van der Waals surface area (Å²) in [6.07, 6.45) is 1.09. The first-order valence-electron chi connectivity index (χ1n) is 7.29. The molecule has 0 aliphatic carbocycles. The number of hydrogen-bond acceptors (Lipinski definition) is 3. The first kappa shape index (κ1) is 15.4. The second kappa shape index (κ2) is 6.20. The quantitative estimate of drug-likeness (QED) is 0.885. The summed E-state index contributed by atoms with van der Waals surface area (Å²) in [6.45, 7) is 6.65. The summed E-state index contributed by atoms with van der Waals surface area (Å²) < 4.78 is 12.9. The molecule has 20 heavy (non-hydrogen) atoms. The molecule has 1 aliphatic rings. The number of hydrogen-bond donors (Lipinski definition) is 2. The lowest BCUT2D eigenvalue weighted by molar-refractivity contribution is 0.0464. The van der Waals surface area contributed by atoms with Gasteiger partial charge in [0.1, 0.15) is 5.82 Å². The number of piperidine rings is 1. The van der Waals surface area contributed by atoms with Gasteiger partial charge in [0, 0.05) is 19.1 Å². The van der Waals surface area contributed by atoms with Gasteiger partial charge in [-0.15, -0.1) is 0 Å². The van der Waals surface area contributed by atoms with E-state index in [0.29, 0.717) is 18.5 Å². The zero-order chi connectivity index (χ0) is 14.8. The second-order valence-corrected chi connectivity index (χ2v) is 6.30. The molecule has 2 N–H and O–H groups in total. The molecule has 0 spiro atoms. The van der Waals surface area contributed by atoms with E-state index in [2.05, 4.69) is 24.2 Å². The molecule has 1 saturated heterocycles. The molecule has 1 aromatic rings. The van der Waals surface area contributed by atoms with Gasteiger partial charge < -0.3 is 15.3 Å². The van der Waals surface area contributed by atoms with Crippen molar-refractivity contribution in [2.45, 2.75) is 31.9 Å². The topological polar surface area (TPSA) is 35.5 Å². The van der Waals surface area contributed by atoms with E-state index in [-0.39, 0.29) is 5.82 Å². The van der Waals surface area contributed by atoms with Crippen LogP contribution in [0.25, 0.3) is 0 Å². The molecule has 3 atom stereocenters. The van der Waals surface area contributed by atoms with Crippen LogP contribution in [-0.4, -0.2) is 42.7 Å². The average Bonchev–Trinajstić information content (AvgIpc) is 2.38. The normalized spacial score (nSPS) is 27.2. The van der Waals surface area contributed by atoms with Gasteiger partial charge in [-0.1, -0.05) is 19.1 Å². The Balaban J connectivity index is 1.93. The smallest absolute Gasteiger partial charge is 0.123 e. The van der Waals surface area contributed by atoms with Crippen molar-refractivity contribution in [2.75, 3.05) is 26.7 Å². The van der Waals surface area contributed by atoms with Crippen LogP contribution in [0.3, 0.4) is 0 Å². The third kappa shape index (κ3) is 3.78. The van der Waals surface area contributed by atoms with Crippen molar-refractivity contribution in [2.24, 2.45) is 5.92 Å². The van der Waals surface area contributed by atoms with Gasteiger partial charge in [-0.2, -0.15) is 0 Å². The molecule has 1 aromatic carbocycles. The van der Waals surface area contributed by atoms with E-state index < -0.39 is 5.60 Å². The number of nitrogens with zero attached hydrogens (tertiary/aromatic N) is 1. The highest BCUT2D eigenvalue weighted by molar-refractivity contribution is 5.22. The van der Waals surface area contributed by atoms with E-state index in [9.17, 15) is 9.50 Å². The van der Waals surface area contributed by atoms with Crippen LogP contribution in [0.1, 0.15) is 25.8 Å². The zero-order valence-electron chi connectivity index (χ0n) is 12.6. The number of halogens is 1. The molecule has 1 heterocycles. The number of rotatable bonds is 4. The Morgan fingerprint density at radius 2 is 2.05 bits per heavy atom. The van der Waals surface area contributed by atoms with Gasteiger partial charge in [0.25, 0.3) is 0 Å². The van der Waals surface area contributed by atoms with Crippen LogP contribution in [0.5, 0.6) is 0 Å². The van der Waals surface area contributed by atoms with Crippen molar-refractivity contribution >= 4 is 0 Å². The predicted octanol–water partition coefficient (Wildman–Crippen LogP) is 1.96. The van der Waals surface area contributed by atoms with E-state index >= 15 is 0 Å². The lowest BCUT2D eigenvalue weighted by Gasteiger charge is -2.37. The van der Waals surface area contributed by atoms with Gasteiger partial charge in [0.15, 0.2) is 0 Å². The summed E-state index contributed by atoms with van der Waals surface area (Å²) >= 11 is 0. The minimum atomic E-state index is -0.975. The first-order chi connectivity index (χ1) is 9.38. The van der Waals surface area contributed by atoms with Crippen molar-refractivity contribution in [1.82, 2.24) is 10.2 Å². The summed E-state index contributed by atoms with van der Waals surface area (Å²) in [5.41, 5.74) is -0.233. The van der Waals surface area contributed by atoms with Gasteiger partial charge >= 0.3 is 0 Å². The van der Waals surface area contributed by atoms with Crippen LogP contribution in [0.15, 0.2) is 24.3 Å². The van der Waals surface area contributed by atoms with Crippen LogP contribution >= 0.6 is 0 Å². The van der Waals surface area contributed by atoms with Crippen molar-refractivity contribution in [3.63, 3.8) is 0 Å². The fourth-order valence-electron chi connectivity index (χ4n) is 2.90. The Kier molecular flexibility index (Phi) is 4.78. The molecule has 1 aliphatic heterocycles. The standard InChI is InChI=1S/C16H25FN2O/c1-12-10-19(3)9-8-15(12)18-11-16(2,20)13-4-6-14(17)7-5-13/h4-7,12,15,18,20H,8-11H2,1-3H3.